The number of anilines is 1. The van der Waals surface area contributed by atoms with Crippen molar-refractivity contribution in [2.24, 2.45) is 4.99 Å². The van der Waals surface area contributed by atoms with Gasteiger partial charge in [-0.15, -0.1) is 0 Å². The van der Waals surface area contributed by atoms with Crippen LogP contribution < -0.4 is 5.32 Å². The summed E-state index contributed by atoms with van der Waals surface area (Å²) in [7, 11) is 0. The first-order valence-corrected chi connectivity index (χ1v) is 7.75. The fourth-order valence-corrected chi connectivity index (χ4v) is 3.26. The second kappa shape index (κ2) is 5.61. The lowest BCUT2D eigenvalue weighted by Gasteiger charge is -2.29. The third kappa shape index (κ3) is 3.26. The molecular formula is C13H16BrFN2S. The van der Waals surface area contributed by atoms with E-state index in [1.807, 2.05) is 6.07 Å². The van der Waals surface area contributed by atoms with Crippen LogP contribution in [0.15, 0.2) is 27.7 Å². The topological polar surface area (TPSA) is 24.4 Å². The Balaban J connectivity index is 2.18. The maximum atomic E-state index is 13.7. The molecule has 1 atom stereocenters. The number of rotatable bonds is 2. The molecule has 1 aromatic carbocycles. The normalized spacial score (nSPS) is 23.7. The largest absolute Gasteiger partial charge is 0.333 e. The van der Waals surface area contributed by atoms with E-state index in [0.29, 0.717) is 5.69 Å². The maximum absolute atomic E-state index is 13.7. The summed E-state index contributed by atoms with van der Waals surface area (Å²) < 4.78 is 14.5. The van der Waals surface area contributed by atoms with E-state index in [0.717, 1.165) is 28.2 Å². The number of halogens is 2. The molecule has 0 bridgehead atoms. The van der Waals surface area contributed by atoms with Gasteiger partial charge in [-0.3, -0.25) is 4.99 Å². The molecule has 18 heavy (non-hydrogen) atoms. The standard InChI is InChI=1S/C13H16BrFN2S/c1-3-13(2)6-7-18-12(17-13)16-11-5-4-9(14)8-10(11)15/h4-5,8H,3,6-7H2,1-2H3,(H,16,17). The highest BCUT2D eigenvalue weighted by Crippen LogP contribution is 2.30. The third-order valence-electron chi connectivity index (χ3n) is 3.19. The molecule has 0 spiro atoms. The van der Waals surface area contributed by atoms with Crippen molar-refractivity contribution in [1.82, 2.24) is 0 Å². The average Bonchev–Trinajstić information content (AvgIpc) is 2.33. The Morgan fingerprint density at radius 3 is 3.00 bits per heavy atom. The fraction of sp³-hybridized carbons (Fsp3) is 0.462. The quantitative estimate of drug-likeness (QED) is 0.852. The van der Waals surface area contributed by atoms with Gasteiger partial charge in [-0.05, 0) is 38.0 Å². The molecule has 1 heterocycles. The first kappa shape index (κ1) is 13.9. The van der Waals surface area contributed by atoms with Crippen molar-refractivity contribution in [3.63, 3.8) is 0 Å². The van der Waals surface area contributed by atoms with Gasteiger partial charge >= 0.3 is 0 Å². The second-order valence-corrected chi connectivity index (χ2v) is 6.61. The highest BCUT2D eigenvalue weighted by atomic mass is 79.9. The number of benzene rings is 1. The number of hydrogen-bond acceptors (Lipinski definition) is 3. The Kier molecular flexibility index (Phi) is 4.33. The molecule has 5 heteroatoms. The summed E-state index contributed by atoms with van der Waals surface area (Å²) in [5.41, 5.74) is 0.462. The molecule has 98 valence electrons. The van der Waals surface area contributed by atoms with Crippen LogP contribution in [0.2, 0.25) is 0 Å². The molecule has 1 unspecified atom stereocenters. The molecule has 0 aromatic heterocycles. The molecule has 2 rings (SSSR count). The van der Waals surface area contributed by atoms with Gasteiger partial charge in [0.15, 0.2) is 5.17 Å². The zero-order valence-electron chi connectivity index (χ0n) is 10.5. The van der Waals surface area contributed by atoms with Gasteiger partial charge in [0.05, 0.1) is 11.2 Å². The highest BCUT2D eigenvalue weighted by molar-refractivity contribution is 9.10. The molecule has 1 aliphatic rings. The van der Waals surface area contributed by atoms with Crippen molar-refractivity contribution in [2.75, 3.05) is 11.1 Å². The number of thioether (sulfide) groups is 1. The Hall–Kier alpha value is -0.550. The van der Waals surface area contributed by atoms with Crippen molar-refractivity contribution in [3.8, 4) is 0 Å². The lowest BCUT2D eigenvalue weighted by Crippen LogP contribution is -2.29. The minimum Gasteiger partial charge on any atom is -0.333 e. The lowest BCUT2D eigenvalue weighted by atomic mass is 9.97. The number of hydrogen-bond donors (Lipinski definition) is 1. The Bertz CT molecular complexity index is 478. The molecule has 0 saturated heterocycles. The number of nitrogens with zero attached hydrogens (tertiary/aromatic N) is 1. The summed E-state index contributed by atoms with van der Waals surface area (Å²) in [6.45, 7) is 4.28. The van der Waals surface area contributed by atoms with Gasteiger partial charge in [0.25, 0.3) is 0 Å². The Morgan fingerprint density at radius 2 is 2.33 bits per heavy atom. The summed E-state index contributed by atoms with van der Waals surface area (Å²) in [5.74, 6) is 0.755. The van der Waals surface area contributed by atoms with Crippen molar-refractivity contribution in [3.05, 3.63) is 28.5 Å². The minimum absolute atomic E-state index is 0.0145. The van der Waals surface area contributed by atoms with Crippen LogP contribution in [-0.2, 0) is 0 Å². The third-order valence-corrected chi connectivity index (χ3v) is 4.55. The smallest absolute Gasteiger partial charge is 0.161 e. The SMILES string of the molecule is CCC1(C)CCSC(Nc2ccc(Br)cc2F)=N1. The van der Waals surface area contributed by atoms with E-state index in [2.05, 4.69) is 40.1 Å². The molecule has 0 amide bonds. The molecule has 1 aliphatic heterocycles. The first-order valence-electron chi connectivity index (χ1n) is 5.97. The second-order valence-electron chi connectivity index (χ2n) is 4.62. The van der Waals surface area contributed by atoms with Crippen LogP contribution in [0.1, 0.15) is 26.7 Å². The van der Waals surface area contributed by atoms with Gasteiger partial charge in [0.2, 0.25) is 0 Å². The molecule has 0 saturated carbocycles. The molecule has 1 N–H and O–H groups in total. The van der Waals surface area contributed by atoms with Crippen molar-refractivity contribution < 1.29 is 4.39 Å². The van der Waals surface area contributed by atoms with Crippen LogP contribution in [0.3, 0.4) is 0 Å². The van der Waals surface area contributed by atoms with E-state index in [9.17, 15) is 4.39 Å². The molecule has 1 aromatic rings. The predicted molar refractivity (Wildman–Crippen MR) is 80.9 cm³/mol. The molecule has 0 radical (unpaired) electrons. The van der Waals surface area contributed by atoms with Crippen molar-refractivity contribution in [2.45, 2.75) is 32.2 Å². The van der Waals surface area contributed by atoms with E-state index < -0.39 is 0 Å². The summed E-state index contributed by atoms with van der Waals surface area (Å²) in [5, 5.41) is 3.89. The van der Waals surface area contributed by atoms with E-state index >= 15 is 0 Å². The Morgan fingerprint density at radius 1 is 1.56 bits per heavy atom. The van der Waals surface area contributed by atoms with Gasteiger partial charge in [-0.1, -0.05) is 34.6 Å². The number of nitrogens with one attached hydrogen (secondary N) is 1. The number of amidine groups is 1. The van der Waals surface area contributed by atoms with Gasteiger partial charge in [0, 0.05) is 10.2 Å². The fourth-order valence-electron chi connectivity index (χ4n) is 1.73. The predicted octanol–water partition coefficient (Wildman–Crippen LogP) is 4.66. The highest BCUT2D eigenvalue weighted by Gasteiger charge is 2.26. The minimum atomic E-state index is -0.267. The summed E-state index contributed by atoms with van der Waals surface area (Å²) >= 11 is 4.90. The Labute approximate surface area is 120 Å². The van der Waals surface area contributed by atoms with Gasteiger partial charge in [-0.2, -0.15) is 0 Å². The zero-order valence-corrected chi connectivity index (χ0v) is 12.9. The molecule has 0 aliphatic carbocycles. The van der Waals surface area contributed by atoms with Crippen LogP contribution >= 0.6 is 27.7 Å². The molecule has 2 nitrogen and oxygen atoms in total. The van der Waals surface area contributed by atoms with Crippen molar-refractivity contribution in [1.29, 1.82) is 0 Å². The van der Waals surface area contributed by atoms with Gasteiger partial charge in [-0.25, -0.2) is 4.39 Å². The monoisotopic (exact) mass is 330 g/mol. The average molecular weight is 331 g/mol. The van der Waals surface area contributed by atoms with Crippen LogP contribution in [-0.4, -0.2) is 16.5 Å². The lowest BCUT2D eigenvalue weighted by molar-refractivity contribution is 0.443. The van der Waals surface area contributed by atoms with E-state index in [1.165, 1.54) is 6.07 Å². The molecular weight excluding hydrogens is 315 g/mol. The van der Waals surface area contributed by atoms with E-state index in [1.54, 1.807) is 17.8 Å². The number of aliphatic imine (C=N–C) groups is 1. The van der Waals surface area contributed by atoms with E-state index in [4.69, 9.17) is 0 Å². The van der Waals surface area contributed by atoms with Crippen LogP contribution in [0.4, 0.5) is 10.1 Å². The molecule has 0 fully saturated rings. The van der Waals surface area contributed by atoms with Gasteiger partial charge < -0.3 is 5.32 Å². The van der Waals surface area contributed by atoms with Crippen LogP contribution in [0.5, 0.6) is 0 Å². The summed E-state index contributed by atoms with van der Waals surface area (Å²) in [4.78, 5) is 4.68. The first-order chi connectivity index (χ1) is 8.52. The van der Waals surface area contributed by atoms with E-state index in [-0.39, 0.29) is 11.4 Å². The van der Waals surface area contributed by atoms with Crippen LogP contribution in [0, 0.1) is 5.82 Å². The maximum Gasteiger partial charge on any atom is 0.161 e. The van der Waals surface area contributed by atoms with Crippen molar-refractivity contribution >= 4 is 38.5 Å². The summed E-state index contributed by atoms with van der Waals surface area (Å²) in [6, 6.07) is 4.99. The summed E-state index contributed by atoms with van der Waals surface area (Å²) in [6.07, 6.45) is 2.07. The van der Waals surface area contributed by atoms with Crippen LogP contribution in [0.25, 0.3) is 0 Å². The van der Waals surface area contributed by atoms with Gasteiger partial charge in [0.1, 0.15) is 5.82 Å². The zero-order chi connectivity index (χ0) is 13.2.